The van der Waals surface area contributed by atoms with Crippen molar-refractivity contribution in [1.29, 1.82) is 0 Å². The lowest BCUT2D eigenvalue weighted by Gasteiger charge is -2.23. The van der Waals surface area contributed by atoms with Crippen LogP contribution in [0.3, 0.4) is 0 Å². The highest BCUT2D eigenvalue weighted by Crippen LogP contribution is 2.28. The normalized spacial score (nSPS) is 11.2. The Hall–Kier alpha value is -0.910. The van der Waals surface area contributed by atoms with Gasteiger partial charge >= 0.3 is 5.97 Å². The molecule has 1 rings (SSSR count). The third-order valence-electron chi connectivity index (χ3n) is 2.45. The molecule has 0 aliphatic rings. The van der Waals surface area contributed by atoms with E-state index in [1.807, 2.05) is 38.1 Å². The van der Waals surface area contributed by atoms with Crippen LogP contribution in [-0.4, -0.2) is 16.9 Å². The molecule has 0 fully saturated rings. The van der Waals surface area contributed by atoms with Gasteiger partial charge in [0.15, 0.2) is 0 Å². The van der Waals surface area contributed by atoms with Gasteiger partial charge in [0.1, 0.15) is 0 Å². The molecule has 0 bridgehead atoms. The summed E-state index contributed by atoms with van der Waals surface area (Å²) in [6.45, 7) is 3.75. The predicted molar refractivity (Wildman–Crippen MR) is 69.4 cm³/mol. The SMILES string of the molecule is CC(C)(CC(=O)C(=O)O)c1cccc(I)c1. The number of carboxylic acids is 1. The van der Waals surface area contributed by atoms with Gasteiger partial charge in [0, 0.05) is 9.99 Å². The van der Waals surface area contributed by atoms with E-state index < -0.39 is 17.2 Å². The predicted octanol–water partition coefficient (Wildman–Crippen LogP) is 2.61. The number of benzene rings is 1. The molecule has 16 heavy (non-hydrogen) atoms. The summed E-state index contributed by atoms with van der Waals surface area (Å²) in [4.78, 5) is 21.7. The summed E-state index contributed by atoms with van der Waals surface area (Å²) in [6.07, 6.45) is 0.0163. The molecular weight excluding hydrogens is 319 g/mol. The second kappa shape index (κ2) is 4.95. The average Bonchev–Trinajstić information content (AvgIpc) is 2.17. The molecule has 86 valence electrons. The van der Waals surface area contributed by atoms with E-state index in [0.29, 0.717) is 0 Å². The number of carbonyl (C=O) groups excluding carboxylic acids is 1. The molecule has 0 aromatic heterocycles. The van der Waals surface area contributed by atoms with Crippen molar-refractivity contribution in [2.24, 2.45) is 0 Å². The van der Waals surface area contributed by atoms with Gasteiger partial charge in [0.25, 0.3) is 0 Å². The Bertz CT molecular complexity index is 424. The summed E-state index contributed by atoms with van der Waals surface area (Å²) in [7, 11) is 0. The van der Waals surface area contributed by atoms with Gasteiger partial charge in [0.2, 0.25) is 5.78 Å². The minimum absolute atomic E-state index is 0.0163. The molecule has 0 aliphatic heterocycles. The van der Waals surface area contributed by atoms with Gasteiger partial charge in [-0.05, 0) is 45.7 Å². The fourth-order valence-electron chi connectivity index (χ4n) is 1.49. The Balaban J connectivity index is 2.93. The van der Waals surface area contributed by atoms with Crippen LogP contribution in [0, 0.1) is 3.57 Å². The lowest BCUT2D eigenvalue weighted by atomic mass is 9.80. The van der Waals surface area contributed by atoms with Crippen LogP contribution in [0.1, 0.15) is 25.8 Å². The average molecular weight is 332 g/mol. The lowest BCUT2D eigenvalue weighted by Crippen LogP contribution is -2.26. The van der Waals surface area contributed by atoms with Gasteiger partial charge in [-0.3, -0.25) is 4.79 Å². The van der Waals surface area contributed by atoms with E-state index in [0.717, 1.165) is 9.13 Å². The maximum atomic E-state index is 11.2. The van der Waals surface area contributed by atoms with Crippen molar-refractivity contribution in [3.8, 4) is 0 Å². The van der Waals surface area contributed by atoms with Crippen molar-refractivity contribution in [2.75, 3.05) is 0 Å². The Morgan fingerprint density at radius 3 is 2.50 bits per heavy atom. The molecule has 3 nitrogen and oxygen atoms in total. The molecule has 0 aliphatic carbocycles. The van der Waals surface area contributed by atoms with Gasteiger partial charge < -0.3 is 5.11 Å². The largest absolute Gasteiger partial charge is 0.476 e. The minimum atomic E-state index is -1.36. The van der Waals surface area contributed by atoms with E-state index in [1.54, 1.807) is 0 Å². The summed E-state index contributed by atoms with van der Waals surface area (Å²) in [5, 5.41) is 8.60. The molecule has 0 unspecified atom stereocenters. The maximum Gasteiger partial charge on any atom is 0.372 e. The molecule has 0 saturated heterocycles. The number of hydrogen-bond acceptors (Lipinski definition) is 2. The summed E-state index contributed by atoms with van der Waals surface area (Å²) in [6, 6.07) is 7.75. The van der Waals surface area contributed by atoms with Crippen LogP contribution in [0.2, 0.25) is 0 Å². The number of carboxylic acid groups (broad SMARTS) is 1. The van der Waals surface area contributed by atoms with E-state index in [1.165, 1.54) is 0 Å². The van der Waals surface area contributed by atoms with E-state index in [2.05, 4.69) is 22.6 Å². The fraction of sp³-hybridized carbons (Fsp3) is 0.333. The van der Waals surface area contributed by atoms with Crippen molar-refractivity contribution < 1.29 is 14.7 Å². The lowest BCUT2D eigenvalue weighted by molar-refractivity contribution is -0.149. The summed E-state index contributed by atoms with van der Waals surface area (Å²) >= 11 is 2.19. The molecule has 1 aromatic carbocycles. The van der Waals surface area contributed by atoms with Gasteiger partial charge in [-0.2, -0.15) is 0 Å². The van der Waals surface area contributed by atoms with Gasteiger partial charge in [0.05, 0.1) is 0 Å². The highest BCUT2D eigenvalue weighted by atomic mass is 127. The zero-order valence-electron chi connectivity index (χ0n) is 9.16. The Labute approximate surface area is 108 Å². The number of halogens is 1. The van der Waals surface area contributed by atoms with Gasteiger partial charge in [-0.15, -0.1) is 0 Å². The number of rotatable bonds is 4. The first-order chi connectivity index (χ1) is 7.33. The van der Waals surface area contributed by atoms with Crippen LogP contribution in [-0.2, 0) is 15.0 Å². The zero-order chi connectivity index (χ0) is 12.3. The quantitative estimate of drug-likeness (QED) is 0.681. The Kier molecular flexibility index (Phi) is 4.07. The molecule has 0 atom stereocenters. The first-order valence-corrected chi connectivity index (χ1v) is 5.93. The Morgan fingerprint density at radius 2 is 2.00 bits per heavy atom. The van der Waals surface area contributed by atoms with Crippen LogP contribution >= 0.6 is 22.6 Å². The number of carbonyl (C=O) groups is 2. The number of aliphatic carboxylic acids is 1. The van der Waals surface area contributed by atoms with Crippen molar-refractivity contribution in [3.05, 3.63) is 33.4 Å². The zero-order valence-corrected chi connectivity index (χ0v) is 11.3. The van der Waals surface area contributed by atoms with Crippen molar-refractivity contribution in [2.45, 2.75) is 25.7 Å². The second-order valence-corrected chi connectivity index (χ2v) is 5.54. The van der Waals surface area contributed by atoms with Gasteiger partial charge in [-0.1, -0.05) is 26.0 Å². The summed E-state index contributed by atoms with van der Waals surface area (Å²) < 4.78 is 1.07. The smallest absolute Gasteiger partial charge is 0.372 e. The van der Waals surface area contributed by atoms with Crippen molar-refractivity contribution in [3.63, 3.8) is 0 Å². The first-order valence-electron chi connectivity index (χ1n) is 4.85. The maximum absolute atomic E-state index is 11.2. The number of Topliss-reactive ketones (excluding diaryl/α,β-unsaturated/α-hetero) is 1. The van der Waals surface area contributed by atoms with E-state index >= 15 is 0 Å². The van der Waals surface area contributed by atoms with Crippen LogP contribution in [0.5, 0.6) is 0 Å². The van der Waals surface area contributed by atoms with Crippen LogP contribution < -0.4 is 0 Å². The minimum Gasteiger partial charge on any atom is -0.476 e. The standard InChI is InChI=1S/C12H13IO3/c1-12(2,7-10(14)11(15)16)8-4-3-5-9(13)6-8/h3-6H,7H2,1-2H3,(H,15,16). The van der Waals surface area contributed by atoms with Crippen molar-refractivity contribution in [1.82, 2.24) is 0 Å². The summed E-state index contributed by atoms with van der Waals surface area (Å²) in [5.41, 5.74) is 0.533. The summed E-state index contributed by atoms with van der Waals surface area (Å²) in [5.74, 6) is -2.11. The first kappa shape index (κ1) is 13.2. The number of ketones is 1. The molecule has 0 amide bonds. The van der Waals surface area contributed by atoms with Gasteiger partial charge in [-0.25, -0.2) is 4.79 Å². The monoisotopic (exact) mass is 332 g/mol. The van der Waals surface area contributed by atoms with E-state index in [9.17, 15) is 9.59 Å². The van der Waals surface area contributed by atoms with Crippen LogP contribution in [0.4, 0.5) is 0 Å². The van der Waals surface area contributed by atoms with Crippen molar-refractivity contribution >= 4 is 34.3 Å². The molecule has 1 N–H and O–H groups in total. The van der Waals surface area contributed by atoms with Crippen LogP contribution in [0.15, 0.2) is 24.3 Å². The second-order valence-electron chi connectivity index (χ2n) is 4.30. The number of hydrogen-bond donors (Lipinski definition) is 1. The topological polar surface area (TPSA) is 54.4 Å². The molecule has 0 heterocycles. The third kappa shape index (κ3) is 3.30. The third-order valence-corrected chi connectivity index (χ3v) is 3.12. The molecule has 0 radical (unpaired) electrons. The van der Waals surface area contributed by atoms with E-state index in [-0.39, 0.29) is 6.42 Å². The highest BCUT2D eigenvalue weighted by molar-refractivity contribution is 14.1. The molecule has 4 heteroatoms. The Morgan fingerprint density at radius 1 is 1.38 bits per heavy atom. The van der Waals surface area contributed by atoms with Crippen LogP contribution in [0.25, 0.3) is 0 Å². The molecule has 0 saturated carbocycles. The molecule has 0 spiro atoms. The van der Waals surface area contributed by atoms with E-state index in [4.69, 9.17) is 5.11 Å². The molecule has 1 aromatic rings. The fourth-order valence-corrected chi connectivity index (χ4v) is 2.03. The highest BCUT2D eigenvalue weighted by Gasteiger charge is 2.27. The molecular formula is C12H13IO3.